The van der Waals surface area contributed by atoms with Crippen LogP contribution in [0, 0.1) is 41.0 Å². The number of pyridine rings is 3. The van der Waals surface area contributed by atoms with E-state index in [0.29, 0.717) is 17.7 Å². The minimum Gasteiger partial charge on any atom is -0.473 e. The molecule has 3 aromatic rings. The number of rotatable bonds is 6. The summed E-state index contributed by atoms with van der Waals surface area (Å²) in [5.74, 6) is 0.728. The van der Waals surface area contributed by atoms with Gasteiger partial charge >= 0.3 is 11.4 Å². The second-order valence-corrected chi connectivity index (χ2v) is 10.3. The smallest absolute Gasteiger partial charge is 0.331 e. The van der Waals surface area contributed by atoms with E-state index in [1.807, 2.05) is 13.0 Å². The molecule has 3 aliphatic rings. The largest absolute Gasteiger partial charge is 0.473 e. The Morgan fingerprint density at radius 2 is 1.20 bits per heavy atom. The summed E-state index contributed by atoms with van der Waals surface area (Å²) < 4.78 is 10.8. The van der Waals surface area contributed by atoms with E-state index in [9.17, 15) is 20.2 Å². The van der Waals surface area contributed by atoms with Gasteiger partial charge in [-0.15, -0.1) is 0 Å². The van der Waals surface area contributed by atoms with Gasteiger partial charge in [-0.3, -0.25) is 20.2 Å². The molecule has 0 radical (unpaired) electrons. The van der Waals surface area contributed by atoms with Crippen molar-refractivity contribution in [2.24, 2.45) is 0 Å². The fourth-order valence-corrected chi connectivity index (χ4v) is 3.04. The van der Waals surface area contributed by atoms with Gasteiger partial charge in [0.05, 0.1) is 21.6 Å². The zero-order valence-electron chi connectivity index (χ0n) is 23.0. The number of aliphatic hydroxyl groups excluding tert-OH is 1. The predicted octanol–water partition coefficient (Wildman–Crippen LogP) is 5.45. The minimum absolute atomic E-state index is 0.0445. The maximum absolute atomic E-state index is 10.7. The number of ether oxygens (including phenoxy) is 2. The van der Waals surface area contributed by atoms with Crippen LogP contribution >= 0.6 is 11.6 Å². The summed E-state index contributed by atoms with van der Waals surface area (Å²) in [5.41, 5.74) is 8.71. The molecule has 41 heavy (non-hydrogen) atoms. The first-order valence-electron chi connectivity index (χ1n) is 13.0. The number of aryl methyl sites for hydroxylation is 3. The molecule has 6 rings (SSSR count). The van der Waals surface area contributed by atoms with Crippen molar-refractivity contribution in [3.05, 3.63) is 78.9 Å². The molecule has 0 spiro atoms. The summed E-state index contributed by atoms with van der Waals surface area (Å²) in [6.07, 6.45) is 11.7. The van der Waals surface area contributed by atoms with E-state index >= 15 is 0 Å². The van der Waals surface area contributed by atoms with Crippen LogP contribution in [0.15, 0.2) is 36.8 Å². The number of nitrogens with two attached hydrogens (primary N) is 1. The highest BCUT2D eigenvalue weighted by Crippen LogP contribution is 2.32. The van der Waals surface area contributed by atoms with Crippen LogP contribution < -0.4 is 15.2 Å². The number of nitro groups is 2. The summed E-state index contributed by atoms with van der Waals surface area (Å²) in [5, 5.41) is 29.0. The van der Waals surface area contributed by atoms with Gasteiger partial charge in [-0.25, -0.2) is 15.0 Å². The number of aliphatic hydroxyl groups is 1. The average molecular weight is 589 g/mol. The molecule has 14 heteroatoms. The molecule has 3 saturated carbocycles. The Labute approximate surface area is 242 Å². The molecule has 13 nitrogen and oxygen atoms in total. The molecule has 0 aromatic carbocycles. The minimum atomic E-state index is -0.553. The van der Waals surface area contributed by atoms with Gasteiger partial charge in [0.15, 0.2) is 0 Å². The summed E-state index contributed by atoms with van der Waals surface area (Å²) in [4.78, 5) is 31.6. The van der Waals surface area contributed by atoms with Crippen molar-refractivity contribution >= 4 is 28.7 Å². The van der Waals surface area contributed by atoms with Crippen molar-refractivity contribution in [1.29, 1.82) is 0 Å². The molecule has 3 N–H and O–H groups in total. The number of nitrogens with zero attached hydrogens (tertiary/aromatic N) is 5. The van der Waals surface area contributed by atoms with Crippen LogP contribution in [0.5, 0.6) is 11.8 Å². The third-order valence-electron chi connectivity index (χ3n) is 5.49. The van der Waals surface area contributed by atoms with Crippen molar-refractivity contribution in [3.63, 3.8) is 0 Å². The van der Waals surface area contributed by atoms with E-state index in [0.717, 1.165) is 55.2 Å². The summed E-state index contributed by atoms with van der Waals surface area (Å²) in [6.45, 7) is 5.45. The fraction of sp³-hybridized carbons (Fsp3) is 0.444. The maximum atomic E-state index is 10.7. The van der Waals surface area contributed by atoms with Crippen molar-refractivity contribution in [3.8, 4) is 11.8 Å². The standard InChI is InChI=1S/C9H10N2O3.C9H12N2O.C6H5ClN2O2.C3H6O/c1-6-4-8(11(12)13)9(10-5-6)14-7-2-3-7;1-6-4-8(10)9(11-5-6)12-7-2-3-7;1-4-2-5(9(10)11)6(7)8-3-4;4-3-1-2-3/h4-5,7H,2-3H2,1H3;4-5,7H,2-3,10H2,1H3;2-3H,1H3;3-4H,1-2H2. The molecular weight excluding hydrogens is 556 g/mol. The van der Waals surface area contributed by atoms with Gasteiger partial charge in [0, 0.05) is 30.7 Å². The van der Waals surface area contributed by atoms with Gasteiger partial charge < -0.3 is 20.3 Å². The van der Waals surface area contributed by atoms with E-state index in [4.69, 9.17) is 31.9 Å². The molecule has 220 valence electrons. The number of halogens is 1. The van der Waals surface area contributed by atoms with Crippen molar-refractivity contribution in [2.45, 2.75) is 77.6 Å². The van der Waals surface area contributed by atoms with E-state index in [1.165, 1.54) is 18.3 Å². The molecule has 0 saturated heterocycles. The van der Waals surface area contributed by atoms with Crippen LogP contribution in [0.3, 0.4) is 0 Å². The lowest BCUT2D eigenvalue weighted by Gasteiger charge is -2.05. The number of nitrogen functional groups attached to an aromatic ring is 1. The van der Waals surface area contributed by atoms with Gasteiger partial charge in [-0.05, 0) is 82.1 Å². The normalized spacial score (nSPS) is 15.0. The molecule has 0 amide bonds. The van der Waals surface area contributed by atoms with Gasteiger partial charge in [0.25, 0.3) is 5.88 Å². The van der Waals surface area contributed by atoms with Crippen LogP contribution in [0.1, 0.15) is 55.2 Å². The van der Waals surface area contributed by atoms with Crippen molar-refractivity contribution in [2.75, 3.05) is 5.73 Å². The molecular formula is C27H33ClN6O7. The first-order chi connectivity index (χ1) is 19.4. The Bertz CT molecular complexity index is 1360. The molecule has 3 aromatic heterocycles. The Balaban J connectivity index is 0.000000159. The summed E-state index contributed by atoms with van der Waals surface area (Å²) >= 11 is 5.44. The number of aromatic nitrogens is 3. The molecule has 3 aliphatic carbocycles. The van der Waals surface area contributed by atoms with Gasteiger partial charge in [-0.1, -0.05) is 11.6 Å². The zero-order chi connectivity index (χ0) is 30.1. The Morgan fingerprint density at radius 1 is 0.780 bits per heavy atom. The second-order valence-electron chi connectivity index (χ2n) is 9.95. The SMILES string of the molecule is Cc1cnc(Cl)c([N+](=O)[O-])c1.Cc1cnc(OC2CC2)c(N)c1.Cc1cnc(OC2CC2)c([N+](=O)[O-])c1.OC1CC1. The average Bonchev–Trinajstić information content (AvgIpc) is 3.75. The fourth-order valence-electron chi connectivity index (χ4n) is 2.87. The Morgan fingerprint density at radius 3 is 1.61 bits per heavy atom. The lowest BCUT2D eigenvalue weighted by molar-refractivity contribution is -0.386. The van der Waals surface area contributed by atoms with Crippen LogP contribution in [0.2, 0.25) is 5.15 Å². The first-order valence-corrected chi connectivity index (χ1v) is 13.4. The Hall–Kier alpha value is -4.10. The molecule has 0 unspecified atom stereocenters. The van der Waals surface area contributed by atoms with Crippen LogP contribution in [0.25, 0.3) is 0 Å². The zero-order valence-corrected chi connectivity index (χ0v) is 23.8. The lowest BCUT2D eigenvalue weighted by atomic mass is 10.3. The third-order valence-corrected chi connectivity index (χ3v) is 5.78. The number of anilines is 1. The summed E-state index contributed by atoms with van der Waals surface area (Å²) in [7, 11) is 0. The monoisotopic (exact) mass is 588 g/mol. The van der Waals surface area contributed by atoms with Gasteiger partial charge in [0.2, 0.25) is 11.0 Å². The van der Waals surface area contributed by atoms with E-state index < -0.39 is 9.85 Å². The van der Waals surface area contributed by atoms with Crippen LogP contribution in [-0.4, -0.2) is 48.2 Å². The van der Waals surface area contributed by atoms with Gasteiger partial charge in [0.1, 0.15) is 12.2 Å². The van der Waals surface area contributed by atoms with Crippen molar-refractivity contribution < 1.29 is 24.4 Å². The lowest BCUT2D eigenvalue weighted by Crippen LogP contribution is -2.02. The number of hydrogen-bond donors (Lipinski definition) is 2. The molecule has 3 fully saturated rings. The highest BCUT2D eigenvalue weighted by molar-refractivity contribution is 6.31. The molecule has 0 bridgehead atoms. The predicted molar refractivity (Wildman–Crippen MR) is 152 cm³/mol. The third kappa shape index (κ3) is 11.5. The number of hydrogen-bond acceptors (Lipinski definition) is 11. The second kappa shape index (κ2) is 14.5. The molecule has 3 heterocycles. The highest BCUT2D eigenvalue weighted by Gasteiger charge is 2.28. The quantitative estimate of drug-likeness (QED) is 0.211. The van der Waals surface area contributed by atoms with E-state index in [2.05, 4.69) is 15.0 Å². The Kier molecular flexibility index (Phi) is 11.1. The van der Waals surface area contributed by atoms with Crippen LogP contribution in [-0.2, 0) is 0 Å². The van der Waals surface area contributed by atoms with Crippen molar-refractivity contribution in [1.82, 2.24) is 15.0 Å². The molecule has 0 atom stereocenters. The molecule has 0 aliphatic heterocycles. The summed E-state index contributed by atoms with van der Waals surface area (Å²) in [6, 6.07) is 4.74. The first kappa shape index (κ1) is 31.4. The highest BCUT2D eigenvalue weighted by atomic mass is 35.5. The topological polar surface area (TPSA) is 190 Å². The van der Waals surface area contributed by atoms with Gasteiger partial charge in [-0.2, -0.15) is 0 Å². The van der Waals surface area contributed by atoms with E-state index in [1.54, 1.807) is 26.2 Å². The van der Waals surface area contributed by atoms with Crippen LogP contribution in [0.4, 0.5) is 17.1 Å². The van der Waals surface area contributed by atoms with E-state index in [-0.39, 0.29) is 34.6 Å². The maximum Gasteiger partial charge on any atom is 0.331 e.